The molecule has 1 amide bonds. The third-order valence-corrected chi connectivity index (χ3v) is 4.06. The molecule has 0 aliphatic carbocycles. The first-order chi connectivity index (χ1) is 11.1. The molecule has 0 saturated carbocycles. The van der Waals surface area contributed by atoms with Crippen LogP contribution in [0.3, 0.4) is 0 Å². The lowest BCUT2D eigenvalue weighted by Crippen LogP contribution is -2.12. The molecular weight excluding hydrogens is 316 g/mol. The van der Waals surface area contributed by atoms with Gasteiger partial charge in [0, 0.05) is 0 Å². The van der Waals surface area contributed by atoms with Crippen LogP contribution in [0.2, 0.25) is 0 Å². The van der Waals surface area contributed by atoms with E-state index in [-0.39, 0.29) is 10.8 Å². The maximum Gasteiger partial charge on any atom is 0.345 e. The van der Waals surface area contributed by atoms with E-state index in [2.05, 4.69) is 15.4 Å². The van der Waals surface area contributed by atoms with Crippen LogP contribution in [0.15, 0.2) is 48.8 Å². The van der Waals surface area contributed by atoms with Crippen LogP contribution in [-0.4, -0.2) is 31.7 Å². The van der Waals surface area contributed by atoms with Crippen LogP contribution >= 0.6 is 11.3 Å². The lowest BCUT2D eigenvalue weighted by molar-refractivity contribution is 0.0702. The number of carboxylic acids is 1. The van der Waals surface area contributed by atoms with Gasteiger partial charge < -0.3 is 5.11 Å². The van der Waals surface area contributed by atoms with Gasteiger partial charge in [-0.2, -0.15) is 0 Å². The van der Waals surface area contributed by atoms with Crippen molar-refractivity contribution in [1.29, 1.82) is 0 Å². The number of amides is 1. The van der Waals surface area contributed by atoms with Crippen molar-refractivity contribution in [3.8, 4) is 0 Å². The molecule has 116 valence electrons. The first-order valence-corrected chi connectivity index (χ1v) is 7.51. The first kappa shape index (κ1) is 14.9. The van der Waals surface area contributed by atoms with Crippen LogP contribution in [0.5, 0.6) is 0 Å². The highest BCUT2D eigenvalue weighted by Crippen LogP contribution is 2.17. The Morgan fingerprint density at radius 2 is 1.87 bits per heavy atom. The van der Waals surface area contributed by atoms with Crippen molar-refractivity contribution in [2.45, 2.75) is 6.54 Å². The fraction of sp³-hybridized carbons (Fsp3) is 0.0667. The van der Waals surface area contributed by atoms with E-state index >= 15 is 0 Å². The second kappa shape index (κ2) is 6.41. The molecular formula is C15H12N4O3S. The van der Waals surface area contributed by atoms with Gasteiger partial charge in [-0.3, -0.25) is 10.1 Å². The van der Waals surface area contributed by atoms with E-state index in [0.29, 0.717) is 11.4 Å². The van der Waals surface area contributed by atoms with Gasteiger partial charge in [-0.1, -0.05) is 30.3 Å². The number of carboxylic acid groups (broad SMARTS) is 1. The highest BCUT2D eigenvalue weighted by molar-refractivity contribution is 7.15. The Morgan fingerprint density at radius 1 is 1.13 bits per heavy atom. The first-order valence-electron chi connectivity index (χ1n) is 6.69. The summed E-state index contributed by atoms with van der Waals surface area (Å²) in [4.78, 5) is 27.3. The van der Waals surface area contributed by atoms with E-state index < -0.39 is 11.9 Å². The fourth-order valence-electron chi connectivity index (χ4n) is 1.94. The third-order valence-electron chi connectivity index (χ3n) is 2.99. The number of anilines is 1. The van der Waals surface area contributed by atoms with E-state index in [9.17, 15) is 9.59 Å². The van der Waals surface area contributed by atoms with Crippen LogP contribution in [-0.2, 0) is 6.54 Å². The van der Waals surface area contributed by atoms with Crippen molar-refractivity contribution in [1.82, 2.24) is 14.8 Å². The molecule has 7 nitrogen and oxygen atoms in total. The molecule has 0 aliphatic rings. The van der Waals surface area contributed by atoms with E-state index in [1.54, 1.807) is 4.68 Å². The maximum absolute atomic E-state index is 12.0. The number of nitrogens with one attached hydrogen (secondary N) is 1. The normalized spacial score (nSPS) is 10.4. The minimum Gasteiger partial charge on any atom is -0.477 e. The molecule has 0 fully saturated rings. The fourth-order valence-corrected chi connectivity index (χ4v) is 2.68. The number of hydrogen-bond acceptors (Lipinski definition) is 5. The van der Waals surface area contributed by atoms with E-state index in [0.717, 1.165) is 16.9 Å². The van der Waals surface area contributed by atoms with Crippen LogP contribution in [0.1, 0.15) is 24.9 Å². The van der Waals surface area contributed by atoms with Crippen molar-refractivity contribution in [2.75, 3.05) is 5.32 Å². The summed E-state index contributed by atoms with van der Waals surface area (Å²) in [6.45, 7) is 0.547. The Kier molecular flexibility index (Phi) is 4.15. The van der Waals surface area contributed by atoms with Gasteiger partial charge in [-0.15, -0.1) is 16.4 Å². The second-order valence-electron chi connectivity index (χ2n) is 4.67. The molecule has 2 heterocycles. The topological polar surface area (TPSA) is 97.1 Å². The molecule has 1 aromatic carbocycles. The molecule has 3 rings (SSSR count). The Bertz CT molecular complexity index is 841. The molecule has 2 N–H and O–H groups in total. The van der Waals surface area contributed by atoms with Crippen molar-refractivity contribution < 1.29 is 14.7 Å². The predicted molar refractivity (Wildman–Crippen MR) is 84.8 cm³/mol. The molecule has 0 unspecified atom stereocenters. The minimum absolute atomic E-state index is 0.109. The van der Waals surface area contributed by atoms with Gasteiger partial charge in [-0.05, 0) is 17.7 Å². The van der Waals surface area contributed by atoms with Gasteiger partial charge >= 0.3 is 5.97 Å². The standard InChI is InChI=1S/C15H12N4O3S/c20-13(11-6-7-12(23-11)14(21)22)17-15-16-9-19(18-15)8-10-4-2-1-3-5-10/h1-7,9H,8H2,(H,21,22)(H,17,18,20). The Hall–Kier alpha value is -3.00. The summed E-state index contributed by atoms with van der Waals surface area (Å²) in [5.41, 5.74) is 1.07. The van der Waals surface area contributed by atoms with Crippen LogP contribution in [0, 0.1) is 0 Å². The third kappa shape index (κ3) is 3.61. The molecule has 0 saturated heterocycles. The molecule has 0 aliphatic heterocycles. The molecule has 0 bridgehead atoms. The monoisotopic (exact) mass is 328 g/mol. The van der Waals surface area contributed by atoms with Gasteiger partial charge in [0.25, 0.3) is 5.91 Å². The summed E-state index contributed by atoms with van der Waals surface area (Å²) in [5, 5.41) is 15.6. The molecule has 0 radical (unpaired) electrons. The molecule has 0 atom stereocenters. The van der Waals surface area contributed by atoms with E-state index in [1.807, 2.05) is 30.3 Å². The van der Waals surface area contributed by atoms with Gasteiger partial charge in [0.05, 0.1) is 11.4 Å². The van der Waals surface area contributed by atoms with Gasteiger partial charge in [-0.25, -0.2) is 14.5 Å². The number of benzene rings is 1. The van der Waals surface area contributed by atoms with Gasteiger partial charge in [0.1, 0.15) is 11.2 Å². The number of nitrogens with zero attached hydrogens (tertiary/aromatic N) is 3. The molecule has 8 heteroatoms. The second-order valence-corrected chi connectivity index (χ2v) is 5.76. The lowest BCUT2D eigenvalue weighted by atomic mass is 10.2. The van der Waals surface area contributed by atoms with E-state index in [1.165, 1.54) is 18.5 Å². The number of carbonyl (C=O) groups excluding carboxylic acids is 1. The lowest BCUT2D eigenvalue weighted by Gasteiger charge is -2.00. The van der Waals surface area contributed by atoms with Crippen molar-refractivity contribution >= 4 is 29.2 Å². The summed E-state index contributed by atoms with van der Waals surface area (Å²) in [6, 6.07) is 12.6. The molecule has 3 aromatic rings. The number of thiophene rings is 1. The number of hydrogen-bond donors (Lipinski definition) is 2. The molecule has 0 spiro atoms. The van der Waals surface area contributed by atoms with Crippen molar-refractivity contribution in [2.24, 2.45) is 0 Å². The van der Waals surface area contributed by atoms with Crippen LogP contribution in [0.25, 0.3) is 0 Å². The zero-order chi connectivity index (χ0) is 16.2. The van der Waals surface area contributed by atoms with Gasteiger partial charge in [0.2, 0.25) is 5.95 Å². The summed E-state index contributed by atoms with van der Waals surface area (Å²) in [6.07, 6.45) is 1.53. The number of aromatic carboxylic acids is 1. The number of rotatable bonds is 5. The van der Waals surface area contributed by atoms with Crippen molar-refractivity contribution in [3.63, 3.8) is 0 Å². The highest BCUT2D eigenvalue weighted by Gasteiger charge is 2.14. The Labute approximate surface area is 135 Å². The summed E-state index contributed by atoms with van der Waals surface area (Å²) >= 11 is 0.904. The average Bonchev–Trinajstić information content (AvgIpc) is 3.18. The number of carbonyl (C=O) groups is 2. The Balaban J connectivity index is 1.66. The molecule has 2 aromatic heterocycles. The average molecular weight is 328 g/mol. The largest absolute Gasteiger partial charge is 0.477 e. The van der Waals surface area contributed by atoms with Crippen LogP contribution in [0.4, 0.5) is 5.95 Å². The SMILES string of the molecule is O=C(O)c1ccc(C(=O)Nc2ncn(Cc3ccccc3)n2)s1. The molecule has 23 heavy (non-hydrogen) atoms. The zero-order valence-electron chi connectivity index (χ0n) is 11.8. The zero-order valence-corrected chi connectivity index (χ0v) is 12.7. The smallest absolute Gasteiger partial charge is 0.345 e. The van der Waals surface area contributed by atoms with Gasteiger partial charge in [0.15, 0.2) is 0 Å². The quantitative estimate of drug-likeness (QED) is 0.749. The highest BCUT2D eigenvalue weighted by atomic mass is 32.1. The van der Waals surface area contributed by atoms with E-state index in [4.69, 9.17) is 5.11 Å². The summed E-state index contributed by atoms with van der Waals surface area (Å²) < 4.78 is 1.61. The summed E-state index contributed by atoms with van der Waals surface area (Å²) in [5.74, 6) is -1.31. The maximum atomic E-state index is 12.0. The van der Waals surface area contributed by atoms with Crippen LogP contribution < -0.4 is 5.32 Å². The van der Waals surface area contributed by atoms with Crippen molar-refractivity contribution in [3.05, 3.63) is 64.1 Å². The Morgan fingerprint density at radius 3 is 2.57 bits per heavy atom. The predicted octanol–water partition coefficient (Wildman–Crippen LogP) is 2.34. The number of aromatic nitrogens is 3. The minimum atomic E-state index is -1.06. The summed E-state index contributed by atoms with van der Waals surface area (Å²) in [7, 11) is 0.